The summed E-state index contributed by atoms with van der Waals surface area (Å²) in [5.41, 5.74) is 1.44. The normalized spacial score (nSPS) is 20.0. The Hall–Kier alpha value is -3.59. The number of nitrogens with zero attached hydrogens (tertiary/aromatic N) is 3. The largest absolute Gasteiger partial charge is 0.334 e. The molecule has 2 aromatic carbocycles. The predicted octanol–water partition coefficient (Wildman–Crippen LogP) is 4.73. The zero-order valence-corrected chi connectivity index (χ0v) is 22.6. The van der Waals surface area contributed by atoms with Crippen LogP contribution in [-0.4, -0.2) is 44.9 Å². The van der Waals surface area contributed by atoms with E-state index in [-0.39, 0.29) is 23.9 Å². The van der Waals surface area contributed by atoms with E-state index in [2.05, 4.69) is 27.8 Å². The standard InChI is InChI=1S/C30H35F2N5O2/c1-19(34-23-12-11-21-14-22(31)15-25(32)24(21)16-23)28(38)35-27-17-36(18-33-27)30(2,3)29(39)37-13-7-10-26(37)20-8-5-4-6-9-20/h4-6,8-9,14-15,17-19,23,26,34H,7,10-13,16H2,1-3H3,(H,35,38)/t19?,23?,26-/m0/s1. The third-order valence-corrected chi connectivity index (χ3v) is 8.05. The molecule has 7 nitrogen and oxygen atoms in total. The minimum absolute atomic E-state index is 0.00357. The van der Waals surface area contributed by atoms with Gasteiger partial charge in [0.25, 0.3) is 0 Å². The first kappa shape index (κ1) is 27.0. The van der Waals surface area contributed by atoms with Crippen LogP contribution < -0.4 is 10.6 Å². The molecule has 0 bridgehead atoms. The summed E-state index contributed by atoms with van der Waals surface area (Å²) in [4.78, 5) is 32.9. The molecular formula is C30H35F2N5O2. The highest BCUT2D eigenvalue weighted by Gasteiger charge is 2.39. The molecule has 1 aliphatic carbocycles. The SMILES string of the molecule is CC(NC1CCc2cc(F)cc(F)c2C1)C(=O)Nc1cn(C(C)(C)C(=O)N2CCC[C@H]2c2ccccc2)cn1. The zero-order chi connectivity index (χ0) is 27.7. The van der Waals surface area contributed by atoms with Crippen molar-refractivity contribution in [3.05, 3.63) is 83.3 Å². The number of nitrogens with one attached hydrogen (secondary N) is 2. The van der Waals surface area contributed by atoms with Gasteiger partial charge in [-0.05, 0) is 75.6 Å². The van der Waals surface area contributed by atoms with Crippen LogP contribution in [0.4, 0.5) is 14.6 Å². The fraction of sp³-hybridized carbons (Fsp3) is 0.433. The maximum Gasteiger partial charge on any atom is 0.248 e. The molecule has 3 aromatic rings. The molecule has 2 heterocycles. The number of fused-ring (bicyclic) bond motifs is 1. The number of aryl methyl sites for hydroxylation is 1. The molecule has 2 N–H and O–H groups in total. The fourth-order valence-corrected chi connectivity index (χ4v) is 5.78. The summed E-state index contributed by atoms with van der Waals surface area (Å²) in [7, 11) is 0. The Morgan fingerprint density at radius 3 is 2.67 bits per heavy atom. The number of aromatic nitrogens is 2. The summed E-state index contributed by atoms with van der Waals surface area (Å²) in [5, 5.41) is 6.09. The molecule has 206 valence electrons. The van der Waals surface area contributed by atoms with Crippen molar-refractivity contribution in [1.82, 2.24) is 19.8 Å². The number of hydrogen-bond donors (Lipinski definition) is 2. The molecule has 2 aliphatic rings. The predicted molar refractivity (Wildman–Crippen MR) is 145 cm³/mol. The number of imidazole rings is 1. The Balaban J connectivity index is 1.20. The number of likely N-dealkylation sites (tertiary alicyclic amines) is 1. The van der Waals surface area contributed by atoms with E-state index in [1.54, 1.807) is 24.0 Å². The smallest absolute Gasteiger partial charge is 0.248 e. The highest BCUT2D eigenvalue weighted by molar-refractivity contribution is 5.93. The van der Waals surface area contributed by atoms with Crippen molar-refractivity contribution in [3.8, 4) is 0 Å². The number of hydrogen-bond acceptors (Lipinski definition) is 4. The van der Waals surface area contributed by atoms with E-state index in [0.29, 0.717) is 42.8 Å². The number of carbonyl (C=O) groups is 2. The van der Waals surface area contributed by atoms with Crippen molar-refractivity contribution in [3.63, 3.8) is 0 Å². The molecule has 2 amide bonds. The van der Waals surface area contributed by atoms with Crippen molar-refractivity contribution in [2.45, 2.75) is 76.5 Å². The molecule has 3 atom stereocenters. The lowest BCUT2D eigenvalue weighted by Crippen LogP contribution is -2.46. The molecule has 5 rings (SSSR count). The van der Waals surface area contributed by atoms with Crippen LogP contribution in [0.5, 0.6) is 0 Å². The van der Waals surface area contributed by atoms with E-state index in [4.69, 9.17) is 0 Å². The number of anilines is 1. The molecule has 1 saturated heterocycles. The minimum atomic E-state index is -0.893. The van der Waals surface area contributed by atoms with Gasteiger partial charge in [-0.1, -0.05) is 30.3 Å². The molecule has 0 radical (unpaired) electrons. The summed E-state index contributed by atoms with van der Waals surface area (Å²) >= 11 is 0. The van der Waals surface area contributed by atoms with Crippen molar-refractivity contribution >= 4 is 17.6 Å². The Kier molecular flexibility index (Phi) is 7.53. The summed E-state index contributed by atoms with van der Waals surface area (Å²) < 4.78 is 29.5. The van der Waals surface area contributed by atoms with Gasteiger partial charge in [-0.3, -0.25) is 9.59 Å². The number of carbonyl (C=O) groups excluding carboxylic acids is 2. The van der Waals surface area contributed by atoms with Gasteiger partial charge in [-0.25, -0.2) is 13.8 Å². The van der Waals surface area contributed by atoms with Crippen molar-refractivity contribution < 1.29 is 18.4 Å². The Bertz CT molecular complexity index is 1360. The number of halogens is 2. The molecule has 1 aliphatic heterocycles. The Morgan fingerprint density at radius 1 is 1.13 bits per heavy atom. The van der Waals surface area contributed by atoms with Gasteiger partial charge in [0.05, 0.1) is 18.4 Å². The number of benzene rings is 2. The first-order valence-corrected chi connectivity index (χ1v) is 13.6. The molecule has 2 unspecified atom stereocenters. The maximum absolute atomic E-state index is 14.3. The first-order valence-electron chi connectivity index (χ1n) is 13.6. The highest BCUT2D eigenvalue weighted by atomic mass is 19.1. The van der Waals surface area contributed by atoms with E-state index < -0.39 is 23.2 Å². The van der Waals surface area contributed by atoms with Crippen LogP contribution in [0.2, 0.25) is 0 Å². The van der Waals surface area contributed by atoms with Gasteiger partial charge in [-0.2, -0.15) is 0 Å². The average molecular weight is 536 g/mol. The van der Waals surface area contributed by atoms with Crippen LogP contribution in [0.3, 0.4) is 0 Å². The lowest BCUT2D eigenvalue weighted by molar-refractivity contribution is -0.140. The van der Waals surface area contributed by atoms with Crippen LogP contribution in [0.15, 0.2) is 55.0 Å². The quantitative estimate of drug-likeness (QED) is 0.458. The molecular weight excluding hydrogens is 500 g/mol. The third kappa shape index (κ3) is 5.59. The van der Waals surface area contributed by atoms with Gasteiger partial charge >= 0.3 is 0 Å². The van der Waals surface area contributed by atoms with E-state index in [9.17, 15) is 18.4 Å². The monoisotopic (exact) mass is 535 g/mol. The number of amides is 2. The van der Waals surface area contributed by atoms with Gasteiger partial charge < -0.3 is 20.1 Å². The van der Waals surface area contributed by atoms with Gasteiger partial charge in [0.2, 0.25) is 11.8 Å². The molecule has 9 heteroatoms. The van der Waals surface area contributed by atoms with Crippen molar-refractivity contribution in [1.29, 1.82) is 0 Å². The van der Waals surface area contributed by atoms with Gasteiger partial charge in [0.15, 0.2) is 5.82 Å². The topological polar surface area (TPSA) is 79.3 Å². The van der Waals surface area contributed by atoms with Crippen molar-refractivity contribution in [2.24, 2.45) is 0 Å². The Labute approximate surface area is 227 Å². The Morgan fingerprint density at radius 2 is 1.90 bits per heavy atom. The zero-order valence-electron chi connectivity index (χ0n) is 22.6. The minimum Gasteiger partial charge on any atom is -0.334 e. The van der Waals surface area contributed by atoms with E-state index in [0.717, 1.165) is 24.5 Å². The third-order valence-electron chi connectivity index (χ3n) is 8.05. The molecule has 0 spiro atoms. The highest BCUT2D eigenvalue weighted by Crippen LogP contribution is 2.35. The van der Waals surface area contributed by atoms with Gasteiger partial charge in [0.1, 0.15) is 17.2 Å². The molecule has 1 aromatic heterocycles. The van der Waals surface area contributed by atoms with Gasteiger partial charge in [-0.15, -0.1) is 0 Å². The summed E-state index contributed by atoms with van der Waals surface area (Å²) in [6.07, 6.45) is 6.75. The fourth-order valence-electron chi connectivity index (χ4n) is 5.78. The second-order valence-electron chi connectivity index (χ2n) is 11.1. The first-order chi connectivity index (χ1) is 18.6. The van der Waals surface area contributed by atoms with Crippen LogP contribution >= 0.6 is 0 Å². The van der Waals surface area contributed by atoms with E-state index in [1.165, 1.54) is 6.07 Å². The van der Waals surface area contributed by atoms with Crippen LogP contribution in [0.1, 0.15) is 62.8 Å². The van der Waals surface area contributed by atoms with E-state index >= 15 is 0 Å². The summed E-state index contributed by atoms with van der Waals surface area (Å²) in [5.74, 6) is -1.03. The molecule has 39 heavy (non-hydrogen) atoms. The second-order valence-corrected chi connectivity index (χ2v) is 11.1. The maximum atomic E-state index is 14.3. The molecule has 1 fully saturated rings. The number of rotatable bonds is 7. The average Bonchev–Trinajstić information content (AvgIpc) is 3.59. The van der Waals surface area contributed by atoms with Crippen LogP contribution in [0.25, 0.3) is 0 Å². The summed E-state index contributed by atoms with van der Waals surface area (Å²) in [6, 6.07) is 11.8. The van der Waals surface area contributed by atoms with Crippen LogP contribution in [0, 0.1) is 11.6 Å². The molecule has 0 saturated carbocycles. The second kappa shape index (κ2) is 10.9. The van der Waals surface area contributed by atoms with Gasteiger partial charge in [0, 0.05) is 24.8 Å². The summed E-state index contributed by atoms with van der Waals surface area (Å²) in [6.45, 7) is 6.17. The van der Waals surface area contributed by atoms with Crippen molar-refractivity contribution in [2.75, 3.05) is 11.9 Å². The van der Waals surface area contributed by atoms with Crippen LogP contribution in [-0.2, 0) is 28.0 Å². The van der Waals surface area contributed by atoms with E-state index in [1.807, 2.05) is 36.9 Å². The lowest BCUT2D eigenvalue weighted by Gasteiger charge is -2.34. The lowest BCUT2D eigenvalue weighted by atomic mass is 9.87.